The van der Waals surface area contributed by atoms with Gasteiger partial charge in [0, 0.05) is 18.1 Å². The molecule has 1 amide bonds. The Morgan fingerprint density at radius 2 is 2.23 bits per heavy atom. The smallest absolute Gasteiger partial charge is 0.331 e. The van der Waals surface area contributed by atoms with E-state index in [0.29, 0.717) is 23.8 Å². The van der Waals surface area contributed by atoms with E-state index in [1.54, 1.807) is 18.2 Å². The maximum atomic E-state index is 12.4. The molecule has 0 saturated carbocycles. The summed E-state index contributed by atoms with van der Waals surface area (Å²) in [5, 5.41) is 12.6. The third-order valence-corrected chi connectivity index (χ3v) is 4.33. The van der Waals surface area contributed by atoms with E-state index in [1.807, 2.05) is 0 Å². The van der Waals surface area contributed by atoms with Crippen LogP contribution < -0.4 is 10.1 Å². The number of hydrogen-bond acceptors (Lipinski definition) is 4. The van der Waals surface area contributed by atoms with Gasteiger partial charge >= 0.3 is 5.97 Å². The number of halogens is 1. The predicted octanol–water partition coefficient (Wildman–Crippen LogP) is 1.25. The maximum Gasteiger partial charge on any atom is 0.331 e. The van der Waals surface area contributed by atoms with Crippen LogP contribution in [0, 0.1) is 5.92 Å². The average Bonchev–Trinajstić information content (AvgIpc) is 2.96. The molecule has 0 radical (unpaired) electrons. The molecule has 7 heteroatoms. The number of nitrogens with one attached hydrogen (secondary N) is 1. The third-order valence-electron chi connectivity index (χ3n) is 4.09. The number of fused-ring (bicyclic) bond motifs is 1. The van der Waals surface area contributed by atoms with Crippen LogP contribution in [-0.2, 0) is 20.7 Å². The van der Waals surface area contributed by atoms with Crippen LogP contribution in [0.3, 0.4) is 0 Å². The van der Waals surface area contributed by atoms with E-state index in [1.165, 1.54) is 0 Å². The summed E-state index contributed by atoms with van der Waals surface area (Å²) in [4.78, 5) is 23.9. The average molecular weight is 326 g/mol. The standard InChI is InChI=1S/C15H16ClNO5/c16-11-1-2-12-9(6-11)5-10(7-22-12)13(18)17-15(14(19)20)3-4-21-8-15/h1-2,6,10H,3-5,7-8H2,(H,17,18)(H,19,20). The summed E-state index contributed by atoms with van der Waals surface area (Å²) in [6.07, 6.45) is 0.738. The van der Waals surface area contributed by atoms with Gasteiger partial charge in [-0.3, -0.25) is 4.79 Å². The van der Waals surface area contributed by atoms with E-state index in [2.05, 4.69) is 5.32 Å². The topological polar surface area (TPSA) is 84.9 Å². The molecule has 1 fully saturated rings. The molecule has 0 spiro atoms. The molecule has 2 aliphatic heterocycles. The van der Waals surface area contributed by atoms with E-state index >= 15 is 0 Å². The first-order valence-electron chi connectivity index (χ1n) is 7.04. The Bertz CT molecular complexity index is 612. The summed E-state index contributed by atoms with van der Waals surface area (Å²) < 4.78 is 10.7. The van der Waals surface area contributed by atoms with Crippen molar-refractivity contribution in [3.8, 4) is 5.75 Å². The quantitative estimate of drug-likeness (QED) is 0.873. The second-order valence-corrected chi connectivity index (χ2v) is 6.08. The molecule has 2 N–H and O–H groups in total. The zero-order valence-corrected chi connectivity index (χ0v) is 12.6. The van der Waals surface area contributed by atoms with Crippen molar-refractivity contribution < 1.29 is 24.2 Å². The molecular formula is C15H16ClNO5. The lowest BCUT2D eigenvalue weighted by Gasteiger charge is -2.29. The summed E-state index contributed by atoms with van der Waals surface area (Å²) >= 11 is 5.95. The normalized spacial score (nSPS) is 26.9. The molecule has 1 aromatic rings. The number of carbonyl (C=O) groups excluding carboxylic acids is 1. The van der Waals surface area contributed by atoms with E-state index in [-0.39, 0.29) is 25.5 Å². The lowest BCUT2D eigenvalue weighted by Crippen LogP contribution is -2.57. The van der Waals surface area contributed by atoms with Crippen molar-refractivity contribution in [2.45, 2.75) is 18.4 Å². The van der Waals surface area contributed by atoms with Gasteiger partial charge in [-0.25, -0.2) is 4.79 Å². The summed E-state index contributed by atoms with van der Waals surface area (Å²) in [5.74, 6) is -1.13. The van der Waals surface area contributed by atoms with Crippen molar-refractivity contribution in [2.24, 2.45) is 5.92 Å². The van der Waals surface area contributed by atoms with Gasteiger partial charge in [0.15, 0.2) is 5.54 Å². The number of carboxylic acid groups (broad SMARTS) is 1. The minimum absolute atomic E-state index is 0.00986. The van der Waals surface area contributed by atoms with Crippen LogP contribution in [0.2, 0.25) is 5.02 Å². The Labute approximate surface area is 132 Å². The highest BCUT2D eigenvalue weighted by Crippen LogP contribution is 2.30. The molecule has 1 saturated heterocycles. The maximum absolute atomic E-state index is 12.4. The number of ether oxygens (including phenoxy) is 2. The molecule has 118 valence electrons. The van der Waals surface area contributed by atoms with Crippen LogP contribution in [0.25, 0.3) is 0 Å². The molecule has 6 nitrogen and oxygen atoms in total. The van der Waals surface area contributed by atoms with Crippen LogP contribution in [0.4, 0.5) is 0 Å². The van der Waals surface area contributed by atoms with E-state index in [0.717, 1.165) is 5.56 Å². The summed E-state index contributed by atoms with van der Waals surface area (Å²) in [6, 6.07) is 5.27. The van der Waals surface area contributed by atoms with Gasteiger partial charge in [-0.15, -0.1) is 0 Å². The highest BCUT2D eigenvalue weighted by atomic mass is 35.5. The lowest BCUT2D eigenvalue weighted by molar-refractivity contribution is -0.148. The van der Waals surface area contributed by atoms with Crippen molar-refractivity contribution in [1.82, 2.24) is 5.32 Å². The van der Waals surface area contributed by atoms with Gasteiger partial charge < -0.3 is 19.9 Å². The molecule has 0 bridgehead atoms. The molecule has 2 atom stereocenters. The Balaban J connectivity index is 1.72. The van der Waals surface area contributed by atoms with Crippen LogP contribution in [0.15, 0.2) is 18.2 Å². The largest absolute Gasteiger partial charge is 0.492 e. The van der Waals surface area contributed by atoms with Gasteiger partial charge in [-0.05, 0) is 30.2 Å². The highest BCUT2D eigenvalue weighted by molar-refractivity contribution is 6.30. The number of rotatable bonds is 3. The lowest BCUT2D eigenvalue weighted by atomic mass is 9.93. The number of hydrogen-bond donors (Lipinski definition) is 2. The van der Waals surface area contributed by atoms with Crippen molar-refractivity contribution in [3.05, 3.63) is 28.8 Å². The van der Waals surface area contributed by atoms with Crippen LogP contribution >= 0.6 is 11.6 Å². The van der Waals surface area contributed by atoms with Gasteiger partial charge in [-0.2, -0.15) is 0 Å². The first kappa shape index (κ1) is 15.1. The molecule has 2 unspecified atom stereocenters. The first-order chi connectivity index (χ1) is 10.5. The molecule has 2 heterocycles. The van der Waals surface area contributed by atoms with Crippen molar-refractivity contribution in [2.75, 3.05) is 19.8 Å². The number of carbonyl (C=O) groups is 2. The fourth-order valence-electron chi connectivity index (χ4n) is 2.76. The highest BCUT2D eigenvalue weighted by Gasteiger charge is 2.45. The van der Waals surface area contributed by atoms with Gasteiger partial charge in [0.05, 0.1) is 12.5 Å². The Morgan fingerprint density at radius 1 is 1.41 bits per heavy atom. The molecular weight excluding hydrogens is 310 g/mol. The fourth-order valence-corrected chi connectivity index (χ4v) is 2.95. The molecule has 1 aromatic carbocycles. The Kier molecular flexibility index (Phi) is 3.97. The molecule has 0 aliphatic carbocycles. The van der Waals surface area contributed by atoms with Crippen molar-refractivity contribution >= 4 is 23.5 Å². The minimum atomic E-state index is -1.33. The fraction of sp³-hybridized carbons (Fsp3) is 0.467. The van der Waals surface area contributed by atoms with Crippen molar-refractivity contribution in [3.63, 3.8) is 0 Å². The second kappa shape index (κ2) is 5.78. The monoisotopic (exact) mass is 325 g/mol. The Hall–Kier alpha value is -1.79. The van der Waals surface area contributed by atoms with E-state index < -0.39 is 17.4 Å². The van der Waals surface area contributed by atoms with Gasteiger partial charge in [0.25, 0.3) is 0 Å². The van der Waals surface area contributed by atoms with Crippen molar-refractivity contribution in [1.29, 1.82) is 0 Å². The Morgan fingerprint density at radius 3 is 2.91 bits per heavy atom. The third kappa shape index (κ3) is 2.76. The zero-order chi connectivity index (χ0) is 15.7. The molecule has 0 aromatic heterocycles. The van der Waals surface area contributed by atoms with Crippen LogP contribution in [0.5, 0.6) is 5.75 Å². The number of amides is 1. The van der Waals surface area contributed by atoms with Gasteiger partial charge in [0.1, 0.15) is 12.4 Å². The number of benzene rings is 1. The SMILES string of the molecule is O=C(NC1(C(=O)O)CCOC1)C1COc2ccc(Cl)cc2C1. The minimum Gasteiger partial charge on any atom is -0.492 e. The zero-order valence-electron chi connectivity index (χ0n) is 11.8. The summed E-state index contributed by atoms with van der Waals surface area (Å²) in [5.41, 5.74) is -0.475. The first-order valence-corrected chi connectivity index (χ1v) is 7.42. The van der Waals surface area contributed by atoms with Gasteiger partial charge in [-0.1, -0.05) is 11.6 Å². The van der Waals surface area contributed by atoms with E-state index in [4.69, 9.17) is 21.1 Å². The summed E-state index contributed by atoms with van der Waals surface area (Å²) in [6.45, 7) is 0.535. The van der Waals surface area contributed by atoms with Crippen LogP contribution in [-0.4, -0.2) is 42.3 Å². The number of aliphatic carboxylic acids is 1. The van der Waals surface area contributed by atoms with E-state index in [9.17, 15) is 14.7 Å². The molecule has 2 aliphatic rings. The second-order valence-electron chi connectivity index (χ2n) is 5.64. The van der Waals surface area contributed by atoms with Crippen LogP contribution in [0.1, 0.15) is 12.0 Å². The van der Waals surface area contributed by atoms with Gasteiger partial charge in [0.2, 0.25) is 5.91 Å². The predicted molar refractivity (Wildman–Crippen MR) is 78.1 cm³/mol. The molecule has 22 heavy (non-hydrogen) atoms. The summed E-state index contributed by atoms with van der Waals surface area (Å²) in [7, 11) is 0. The number of carboxylic acids is 1. The molecule has 3 rings (SSSR count).